The van der Waals surface area contributed by atoms with Gasteiger partial charge in [-0.25, -0.2) is 0 Å². The van der Waals surface area contributed by atoms with Crippen molar-refractivity contribution in [2.45, 2.75) is 61.6 Å². The van der Waals surface area contributed by atoms with Crippen molar-refractivity contribution in [2.24, 2.45) is 11.8 Å². The Bertz CT molecular complexity index is 633. The number of rotatable bonds is 9. The van der Waals surface area contributed by atoms with Crippen LogP contribution in [0, 0.1) is 11.8 Å². The number of carbonyl (C=O) groups is 3. The number of nitrogens with one attached hydrogen (secondary N) is 2. The number of amides is 3. The minimum Gasteiger partial charge on any atom is -0.396 e. The molecular formula is C19H30BrN3O5. The number of nitrogens with zero attached hydrogens (tertiary/aromatic N) is 1. The molecule has 6 atom stereocenters. The van der Waals surface area contributed by atoms with E-state index in [9.17, 15) is 14.4 Å². The maximum atomic E-state index is 13.4. The Morgan fingerprint density at radius 3 is 2.71 bits per heavy atom. The first-order chi connectivity index (χ1) is 13.4. The van der Waals surface area contributed by atoms with E-state index < -0.39 is 29.6 Å². The van der Waals surface area contributed by atoms with Gasteiger partial charge in [0.2, 0.25) is 17.7 Å². The quantitative estimate of drug-likeness (QED) is 0.336. The minimum absolute atomic E-state index is 0.0346. The molecule has 3 heterocycles. The van der Waals surface area contributed by atoms with Crippen LogP contribution in [0.1, 0.15) is 39.0 Å². The van der Waals surface area contributed by atoms with Crippen LogP contribution in [0.25, 0.3) is 0 Å². The van der Waals surface area contributed by atoms with E-state index in [0.29, 0.717) is 32.4 Å². The Hall–Kier alpha value is -1.19. The fourth-order valence-electron chi connectivity index (χ4n) is 5.02. The molecule has 3 saturated heterocycles. The second-order valence-electron chi connectivity index (χ2n) is 7.88. The topological polar surface area (TPSA) is 108 Å². The SMILES string of the molecule is CCCCNC(=O)C1N(CCCCO)C(=O)[C@@H]2[C@@H](C(=O)NC)[C@@H]3OC12CC3Br. The van der Waals surface area contributed by atoms with Crippen molar-refractivity contribution in [1.82, 2.24) is 15.5 Å². The summed E-state index contributed by atoms with van der Waals surface area (Å²) in [5, 5.41) is 14.7. The molecular weight excluding hydrogens is 430 g/mol. The molecule has 3 fully saturated rings. The van der Waals surface area contributed by atoms with Gasteiger partial charge in [0.05, 0.1) is 17.9 Å². The Morgan fingerprint density at radius 1 is 1.32 bits per heavy atom. The van der Waals surface area contributed by atoms with E-state index in [1.807, 2.05) is 6.92 Å². The highest BCUT2D eigenvalue weighted by Crippen LogP contribution is 2.59. The van der Waals surface area contributed by atoms with Gasteiger partial charge in [-0.05, 0) is 25.7 Å². The lowest BCUT2D eigenvalue weighted by Crippen LogP contribution is -2.56. The molecule has 2 bridgehead atoms. The van der Waals surface area contributed by atoms with Crippen molar-refractivity contribution in [3.63, 3.8) is 0 Å². The summed E-state index contributed by atoms with van der Waals surface area (Å²) in [6, 6.07) is -0.750. The van der Waals surface area contributed by atoms with Crippen molar-refractivity contribution in [3.8, 4) is 0 Å². The fraction of sp³-hybridized carbons (Fsp3) is 0.842. The fourth-order valence-corrected chi connectivity index (χ4v) is 5.96. The standard InChI is InChI=1S/C19H30BrN3O5/c1-3-4-7-22-17(26)15-19-10-11(20)14(28-19)12(16(25)21-2)13(19)18(27)23(15)8-5-6-9-24/h11-15,24H,3-10H2,1-2H3,(H,21,25)(H,22,26)/t11?,12-,13+,14-,15?,19?/m1/s1. The van der Waals surface area contributed by atoms with E-state index in [4.69, 9.17) is 9.84 Å². The first kappa shape index (κ1) is 21.5. The van der Waals surface area contributed by atoms with Gasteiger partial charge in [-0.3, -0.25) is 14.4 Å². The van der Waals surface area contributed by atoms with E-state index in [2.05, 4.69) is 26.6 Å². The number of aliphatic hydroxyl groups excluding tert-OH is 1. The van der Waals surface area contributed by atoms with Crippen LogP contribution in [0.15, 0.2) is 0 Å². The summed E-state index contributed by atoms with van der Waals surface area (Å²) in [6.45, 7) is 3.00. The number of carbonyl (C=O) groups excluding carboxylic acids is 3. The van der Waals surface area contributed by atoms with E-state index >= 15 is 0 Å². The first-order valence-corrected chi connectivity index (χ1v) is 11.1. The average Bonchev–Trinajstić information content (AvgIpc) is 3.25. The van der Waals surface area contributed by atoms with Gasteiger partial charge in [0, 0.05) is 31.6 Å². The van der Waals surface area contributed by atoms with Crippen LogP contribution in [0.2, 0.25) is 0 Å². The molecule has 3 N–H and O–H groups in total. The van der Waals surface area contributed by atoms with E-state index in [1.54, 1.807) is 11.9 Å². The predicted molar refractivity (Wildman–Crippen MR) is 106 cm³/mol. The minimum atomic E-state index is -0.984. The van der Waals surface area contributed by atoms with Gasteiger partial charge in [0.1, 0.15) is 11.6 Å². The number of hydrogen-bond donors (Lipinski definition) is 3. The van der Waals surface area contributed by atoms with E-state index in [1.165, 1.54) is 0 Å². The van der Waals surface area contributed by atoms with Gasteiger partial charge in [-0.15, -0.1) is 0 Å². The van der Waals surface area contributed by atoms with Crippen molar-refractivity contribution >= 4 is 33.7 Å². The number of hydrogen-bond acceptors (Lipinski definition) is 5. The van der Waals surface area contributed by atoms with Crippen LogP contribution in [0.5, 0.6) is 0 Å². The molecule has 0 aromatic rings. The highest BCUT2D eigenvalue weighted by molar-refractivity contribution is 9.09. The lowest BCUT2D eigenvalue weighted by atomic mass is 9.70. The van der Waals surface area contributed by atoms with Gasteiger partial charge in [0.25, 0.3) is 0 Å². The zero-order valence-electron chi connectivity index (χ0n) is 16.4. The molecule has 0 radical (unpaired) electrons. The molecule has 9 heteroatoms. The Morgan fingerprint density at radius 2 is 2.07 bits per heavy atom. The number of halogens is 1. The Kier molecular flexibility index (Phi) is 6.66. The normalized spacial score (nSPS) is 35.9. The monoisotopic (exact) mass is 459 g/mol. The zero-order valence-corrected chi connectivity index (χ0v) is 18.0. The van der Waals surface area contributed by atoms with Gasteiger partial charge < -0.3 is 25.4 Å². The Balaban J connectivity index is 1.93. The van der Waals surface area contributed by atoms with Gasteiger partial charge >= 0.3 is 0 Å². The number of fused-ring (bicyclic) bond motifs is 1. The molecule has 3 aliphatic heterocycles. The third kappa shape index (κ3) is 3.35. The molecule has 28 heavy (non-hydrogen) atoms. The summed E-state index contributed by atoms with van der Waals surface area (Å²) in [4.78, 5) is 40.6. The van der Waals surface area contributed by atoms with E-state index in [-0.39, 0.29) is 29.2 Å². The largest absolute Gasteiger partial charge is 0.396 e. The molecule has 0 saturated carbocycles. The summed E-state index contributed by atoms with van der Waals surface area (Å²) < 4.78 is 6.30. The second-order valence-corrected chi connectivity index (χ2v) is 9.06. The Labute approximate surface area is 173 Å². The van der Waals surface area contributed by atoms with Crippen LogP contribution < -0.4 is 10.6 Å². The van der Waals surface area contributed by atoms with E-state index in [0.717, 1.165) is 12.8 Å². The molecule has 158 valence electrons. The number of likely N-dealkylation sites (tertiary alicyclic amines) is 1. The highest BCUT2D eigenvalue weighted by Gasteiger charge is 2.76. The maximum absolute atomic E-state index is 13.4. The average molecular weight is 460 g/mol. The van der Waals surface area contributed by atoms with Gasteiger partial charge in [-0.1, -0.05) is 29.3 Å². The van der Waals surface area contributed by atoms with Crippen LogP contribution in [0.4, 0.5) is 0 Å². The summed E-state index contributed by atoms with van der Waals surface area (Å²) in [7, 11) is 1.55. The first-order valence-electron chi connectivity index (χ1n) is 10.2. The number of alkyl halides is 1. The molecule has 1 spiro atoms. The molecule has 0 aliphatic carbocycles. The molecule has 3 unspecified atom stereocenters. The van der Waals surface area contributed by atoms with Crippen molar-refractivity contribution in [2.75, 3.05) is 26.7 Å². The zero-order chi connectivity index (χ0) is 20.5. The third-order valence-electron chi connectivity index (χ3n) is 6.22. The molecule has 0 aromatic heterocycles. The predicted octanol–water partition coefficient (Wildman–Crippen LogP) is 0.169. The summed E-state index contributed by atoms with van der Waals surface area (Å²) >= 11 is 3.61. The van der Waals surface area contributed by atoms with Gasteiger partial charge in [-0.2, -0.15) is 0 Å². The van der Waals surface area contributed by atoms with Crippen LogP contribution >= 0.6 is 15.9 Å². The maximum Gasteiger partial charge on any atom is 0.245 e. The van der Waals surface area contributed by atoms with Crippen LogP contribution in [-0.2, 0) is 19.1 Å². The van der Waals surface area contributed by atoms with Crippen molar-refractivity contribution in [3.05, 3.63) is 0 Å². The summed E-state index contributed by atoms with van der Waals surface area (Å²) in [5.41, 5.74) is -0.984. The lowest BCUT2D eigenvalue weighted by molar-refractivity contribution is -0.142. The number of ether oxygens (including phenoxy) is 1. The lowest BCUT2D eigenvalue weighted by Gasteiger charge is -2.34. The molecule has 3 amide bonds. The van der Waals surface area contributed by atoms with Crippen LogP contribution in [-0.4, -0.2) is 77.0 Å². The van der Waals surface area contributed by atoms with Gasteiger partial charge in [0.15, 0.2) is 0 Å². The smallest absolute Gasteiger partial charge is 0.245 e. The summed E-state index contributed by atoms with van der Waals surface area (Å²) in [5.74, 6) is -1.89. The third-order valence-corrected chi connectivity index (χ3v) is 7.07. The highest BCUT2D eigenvalue weighted by atomic mass is 79.9. The molecule has 0 aromatic carbocycles. The number of unbranched alkanes of at least 4 members (excludes halogenated alkanes) is 2. The van der Waals surface area contributed by atoms with Crippen LogP contribution in [0.3, 0.4) is 0 Å². The summed E-state index contributed by atoms with van der Waals surface area (Å²) in [6.07, 6.45) is 3.06. The number of aliphatic hydroxyl groups is 1. The van der Waals surface area contributed by atoms with Crippen molar-refractivity contribution < 1.29 is 24.2 Å². The van der Waals surface area contributed by atoms with Crippen molar-refractivity contribution in [1.29, 1.82) is 0 Å². The molecule has 8 nitrogen and oxygen atoms in total. The second kappa shape index (κ2) is 8.67. The molecule has 3 rings (SSSR count). The molecule has 3 aliphatic rings.